The van der Waals surface area contributed by atoms with Gasteiger partial charge in [0, 0.05) is 52.5 Å². The van der Waals surface area contributed by atoms with E-state index in [4.69, 9.17) is 14.2 Å². The molecule has 0 aromatic carbocycles. The van der Waals surface area contributed by atoms with Crippen LogP contribution >= 0.6 is 0 Å². The zero-order valence-electron chi connectivity index (χ0n) is 17.5. The molecule has 0 aromatic heterocycles. The van der Waals surface area contributed by atoms with Crippen LogP contribution < -0.4 is 10.6 Å². The highest BCUT2D eigenvalue weighted by Gasteiger charge is 2.21. The summed E-state index contributed by atoms with van der Waals surface area (Å²) in [5, 5.41) is 6.75. The number of nitrogens with one attached hydrogen (secondary N) is 2. The van der Waals surface area contributed by atoms with Gasteiger partial charge in [-0.1, -0.05) is 0 Å². The molecule has 7 heteroatoms. The molecule has 0 aromatic rings. The Kier molecular flexibility index (Phi) is 11.0. The number of aliphatic imine (C=N–C) groups is 1. The van der Waals surface area contributed by atoms with Crippen molar-refractivity contribution in [3.05, 3.63) is 0 Å². The maximum Gasteiger partial charge on any atom is 0.191 e. The first-order chi connectivity index (χ1) is 13.2. The predicted octanol–water partition coefficient (Wildman–Crippen LogP) is 1.63. The van der Waals surface area contributed by atoms with E-state index >= 15 is 0 Å². The van der Waals surface area contributed by atoms with Crippen LogP contribution in [-0.4, -0.2) is 88.3 Å². The van der Waals surface area contributed by atoms with Crippen LogP contribution in [0.3, 0.4) is 0 Å². The Morgan fingerprint density at radius 1 is 1.19 bits per heavy atom. The Morgan fingerprint density at radius 3 is 2.70 bits per heavy atom. The fourth-order valence-electron chi connectivity index (χ4n) is 3.67. The minimum Gasteiger partial charge on any atom is -0.379 e. The first kappa shape index (κ1) is 22.4. The maximum absolute atomic E-state index is 5.79. The zero-order valence-corrected chi connectivity index (χ0v) is 17.5. The third-order valence-electron chi connectivity index (χ3n) is 4.83. The smallest absolute Gasteiger partial charge is 0.191 e. The second-order valence-corrected chi connectivity index (χ2v) is 7.62. The number of hydrogen-bond acceptors (Lipinski definition) is 5. The normalized spacial score (nSPS) is 27.1. The highest BCUT2D eigenvalue weighted by atomic mass is 16.5. The van der Waals surface area contributed by atoms with Crippen molar-refractivity contribution in [1.29, 1.82) is 0 Å². The zero-order chi connectivity index (χ0) is 19.3. The summed E-state index contributed by atoms with van der Waals surface area (Å²) < 4.78 is 17.0. The largest absolute Gasteiger partial charge is 0.379 e. The van der Waals surface area contributed by atoms with Gasteiger partial charge in [-0.3, -0.25) is 9.89 Å². The second kappa shape index (κ2) is 13.3. The minimum absolute atomic E-state index is 0.310. The lowest BCUT2D eigenvalue weighted by atomic mass is 10.2. The summed E-state index contributed by atoms with van der Waals surface area (Å²) >= 11 is 0. The number of hydrogen-bond donors (Lipinski definition) is 2. The second-order valence-electron chi connectivity index (χ2n) is 7.62. The van der Waals surface area contributed by atoms with Crippen molar-refractivity contribution in [2.75, 3.05) is 59.1 Å². The summed E-state index contributed by atoms with van der Waals surface area (Å²) in [6.07, 6.45) is 5.33. The van der Waals surface area contributed by atoms with Crippen molar-refractivity contribution in [3.63, 3.8) is 0 Å². The molecule has 27 heavy (non-hydrogen) atoms. The number of morpholine rings is 1. The Balaban J connectivity index is 1.53. The van der Waals surface area contributed by atoms with Crippen LogP contribution in [0.15, 0.2) is 4.99 Å². The molecule has 2 N–H and O–H groups in total. The minimum atomic E-state index is 0.310. The van der Waals surface area contributed by atoms with Gasteiger partial charge in [-0.25, -0.2) is 0 Å². The number of ether oxygens (including phenoxy) is 3. The molecule has 3 unspecified atom stereocenters. The monoisotopic (exact) mass is 384 g/mol. The molecule has 2 saturated heterocycles. The van der Waals surface area contributed by atoms with Crippen LogP contribution in [0.4, 0.5) is 0 Å². The fraction of sp³-hybridized carbons (Fsp3) is 0.950. The summed E-state index contributed by atoms with van der Waals surface area (Å²) in [6.45, 7) is 14.5. The molecule has 3 atom stereocenters. The lowest BCUT2D eigenvalue weighted by Crippen LogP contribution is -2.46. The van der Waals surface area contributed by atoms with Gasteiger partial charge in [-0.05, 0) is 46.5 Å². The van der Waals surface area contributed by atoms with Crippen LogP contribution in [0.2, 0.25) is 0 Å². The van der Waals surface area contributed by atoms with Gasteiger partial charge in [-0.15, -0.1) is 0 Å². The first-order valence-electron chi connectivity index (χ1n) is 10.8. The van der Waals surface area contributed by atoms with E-state index in [-0.39, 0.29) is 0 Å². The van der Waals surface area contributed by atoms with Crippen molar-refractivity contribution >= 4 is 5.96 Å². The van der Waals surface area contributed by atoms with Crippen LogP contribution in [0.5, 0.6) is 0 Å². The van der Waals surface area contributed by atoms with E-state index in [0.29, 0.717) is 18.3 Å². The molecule has 0 aliphatic carbocycles. The van der Waals surface area contributed by atoms with Crippen molar-refractivity contribution in [2.45, 2.75) is 64.8 Å². The Morgan fingerprint density at radius 2 is 2.00 bits per heavy atom. The predicted molar refractivity (Wildman–Crippen MR) is 109 cm³/mol. The summed E-state index contributed by atoms with van der Waals surface area (Å²) in [7, 11) is 0. The fourth-order valence-corrected chi connectivity index (χ4v) is 3.67. The van der Waals surface area contributed by atoms with E-state index < -0.39 is 0 Å². The van der Waals surface area contributed by atoms with Gasteiger partial charge < -0.3 is 24.8 Å². The molecule has 0 spiro atoms. The topological polar surface area (TPSA) is 67.4 Å². The molecule has 2 aliphatic rings. The first-order valence-corrected chi connectivity index (χ1v) is 10.8. The maximum atomic E-state index is 5.79. The van der Waals surface area contributed by atoms with Gasteiger partial charge in [0.25, 0.3) is 0 Å². The average molecular weight is 385 g/mol. The molecule has 2 heterocycles. The molecule has 2 rings (SSSR count). The van der Waals surface area contributed by atoms with Crippen molar-refractivity contribution < 1.29 is 14.2 Å². The van der Waals surface area contributed by atoms with E-state index in [1.807, 2.05) is 0 Å². The molecule has 0 saturated carbocycles. The Hall–Kier alpha value is -0.890. The summed E-state index contributed by atoms with van der Waals surface area (Å²) in [4.78, 5) is 7.14. The van der Waals surface area contributed by atoms with Gasteiger partial charge in [-0.2, -0.15) is 0 Å². The van der Waals surface area contributed by atoms with Gasteiger partial charge in [0.2, 0.25) is 0 Å². The molecule has 0 radical (unpaired) electrons. The highest BCUT2D eigenvalue weighted by molar-refractivity contribution is 5.79. The van der Waals surface area contributed by atoms with Crippen LogP contribution in [0.1, 0.15) is 46.5 Å². The molecular weight excluding hydrogens is 344 g/mol. The van der Waals surface area contributed by atoms with E-state index in [9.17, 15) is 0 Å². The molecule has 158 valence electrons. The Bertz CT molecular complexity index is 406. The van der Waals surface area contributed by atoms with Crippen molar-refractivity contribution in [3.8, 4) is 0 Å². The Labute approximate surface area is 165 Å². The molecular formula is C20H40N4O3. The summed E-state index contributed by atoms with van der Waals surface area (Å²) in [6, 6.07) is 0. The van der Waals surface area contributed by atoms with E-state index in [0.717, 1.165) is 84.3 Å². The van der Waals surface area contributed by atoms with Crippen molar-refractivity contribution in [2.24, 2.45) is 4.99 Å². The number of rotatable bonds is 11. The van der Waals surface area contributed by atoms with Gasteiger partial charge in [0.05, 0.1) is 24.9 Å². The van der Waals surface area contributed by atoms with E-state index in [2.05, 4.69) is 41.3 Å². The standard InChI is InChI=1S/C20H40N4O3/c1-4-21-20(23-10-7-12-25-16-19-8-5-13-26-19)22-9-6-11-24-14-17(2)27-18(3)15-24/h17-19H,4-16H2,1-3H3,(H2,21,22,23). The summed E-state index contributed by atoms with van der Waals surface area (Å²) in [5.41, 5.74) is 0. The van der Waals surface area contributed by atoms with E-state index in [1.165, 1.54) is 6.42 Å². The van der Waals surface area contributed by atoms with Crippen LogP contribution in [-0.2, 0) is 14.2 Å². The molecule has 2 aliphatic heterocycles. The molecule has 2 fully saturated rings. The third kappa shape index (κ3) is 9.74. The molecule has 7 nitrogen and oxygen atoms in total. The average Bonchev–Trinajstić information content (AvgIpc) is 3.14. The van der Waals surface area contributed by atoms with Gasteiger partial charge in [0.1, 0.15) is 0 Å². The lowest BCUT2D eigenvalue weighted by molar-refractivity contribution is -0.0679. The van der Waals surface area contributed by atoms with Gasteiger partial charge >= 0.3 is 0 Å². The molecule has 0 amide bonds. The third-order valence-corrected chi connectivity index (χ3v) is 4.83. The lowest BCUT2D eigenvalue weighted by Gasteiger charge is -2.35. The summed E-state index contributed by atoms with van der Waals surface area (Å²) in [5.74, 6) is 0.903. The van der Waals surface area contributed by atoms with Crippen LogP contribution in [0.25, 0.3) is 0 Å². The van der Waals surface area contributed by atoms with E-state index in [1.54, 1.807) is 0 Å². The SMILES string of the molecule is CCNC(=NCCCOCC1CCCO1)NCCCN1CC(C)OC(C)C1. The number of guanidine groups is 1. The van der Waals surface area contributed by atoms with Crippen molar-refractivity contribution in [1.82, 2.24) is 15.5 Å². The quantitative estimate of drug-likeness (QED) is 0.321. The van der Waals surface area contributed by atoms with Crippen LogP contribution in [0, 0.1) is 0 Å². The number of nitrogens with zero attached hydrogens (tertiary/aromatic N) is 2. The molecule has 0 bridgehead atoms. The van der Waals surface area contributed by atoms with Gasteiger partial charge in [0.15, 0.2) is 5.96 Å². The highest BCUT2D eigenvalue weighted by Crippen LogP contribution is 2.12.